The molecule has 126 valence electrons. The van der Waals surface area contributed by atoms with Gasteiger partial charge in [-0.1, -0.05) is 19.1 Å². The van der Waals surface area contributed by atoms with Crippen LogP contribution in [0.3, 0.4) is 0 Å². The summed E-state index contributed by atoms with van der Waals surface area (Å²) < 4.78 is 24.5. The summed E-state index contributed by atoms with van der Waals surface area (Å²) >= 11 is 0. The number of hydrogen-bond donors (Lipinski definition) is 0. The molecule has 3 rings (SSSR count). The number of sulfone groups is 1. The van der Waals surface area contributed by atoms with Crippen LogP contribution in [0.4, 0.5) is 5.69 Å². The number of aryl methyl sites for hydroxylation is 1. The van der Waals surface area contributed by atoms with Gasteiger partial charge in [0.2, 0.25) is 5.91 Å². The first kappa shape index (κ1) is 16.5. The van der Waals surface area contributed by atoms with Gasteiger partial charge in [-0.25, -0.2) is 8.42 Å². The molecule has 2 heterocycles. The lowest BCUT2D eigenvalue weighted by Gasteiger charge is -2.45. The van der Waals surface area contributed by atoms with Gasteiger partial charge in [-0.2, -0.15) is 0 Å². The van der Waals surface area contributed by atoms with Crippen molar-refractivity contribution in [3.63, 3.8) is 0 Å². The predicted octanol–water partition coefficient (Wildman–Crippen LogP) is 1.61. The van der Waals surface area contributed by atoms with E-state index in [0.717, 1.165) is 17.7 Å². The Kier molecular flexibility index (Phi) is 4.23. The fourth-order valence-electron chi connectivity index (χ4n) is 3.74. The topological polar surface area (TPSA) is 57.7 Å². The molecular weight excluding hydrogens is 312 g/mol. The first-order valence-electron chi connectivity index (χ1n) is 8.17. The minimum atomic E-state index is -3.11. The van der Waals surface area contributed by atoms with Crippen LogP contribution in [0.25, 0.3) is 0 Å². The van der Waals surface area contributed by atoms with Gasteiger partial charge in [0.25, 0.3) is 0 Å². The zero-order valence-electron chi connectivity index (χ0n) is 13.9. The van der Waals surface area contributed by atoms with Crippen LogP contribution >= 0.6 is 0 Å². The maximum atomic E-state index is 12.8. The van der Waals surface area contributed by atoms with Gasteiger partial charge in [0.05, 0.1) is 24.1 Å². The molecular formula is C17H24N2O3S. The number of anilines is 1. The Morgan fingerprint density at radius 1 is 1.26 bits per heavy atom. The minimum absolute atomic E-state index is 0.00532. The number of amides is 1. The van der Waals surface area contributed by atoms with Crippen LogP contribution in [0.5, 0.6) is 0 Å². The van der Waals surface area contributed by atoms with E-state index in [-0.39, 0.29) is 35.5 Å². The Labute approximate surface area is 138 Å². The van der Waals surface area contributed by atoms with Crippen molar-refractivity contribution in [3.8, 4) is 0 Å². The van der Waals surface area contributed by atoms with E-state index in [1.807, 2.05) is 31.2 Å². The highest BCUT2D eigenvalue weighted by molar-refractivity contribution is 7.91. The molecule has 23 heavy (non-hydrogen) atoms. The molecule has 3 unspecified atom stereocenters. The third-order valence-electron chi connectivity index (χ3n) is 5.07. The molecule has 0 N–H and O–H groups in total. The van der Waals surface area contributed by atoms with E-state index in [2.05, 4.69) is 18.7 Å². The summed E-state index contributed by atoms with van der Waals surface area (Å²) in [6.07, 6.45) is 0.904. The van der Waals surface area contributed by atoms with Crippen molar-refractivity contribution in [3.05, 3.63) is 29.8 Å². The van der Waals surface area contributed by atoms with Gasteiger partial charge in [-0.15, -0.1) is 0 Å². The van der Waals surface area contributed by atoms with Crippen molar-refractivity contribution in [1.29, 1.82) is 0 Å². The molecule has 1 amide bonds. The maximum Gasteiger partial charge on any atom is 0.241 e. The molecule has 1 aromatic rings. The third-order valence-corrected chi connectivity index (χ3v) is 6.77. The van der Waals surface area contributed by atoms with Crippen LogP contribution in [-0.2, 0) is 14.6 Å². The van der Waals surface area contributed by atoms with Gasteiger partial charge in [-0.3, -0.25) is 9.69 Å². The van der Waals surface area contributed by atoms with Crippen LogP contribution in [0, 0.1) is 6.92 Å². The molecule has 2 fully saturated rings. The molecule has 2 aliphatic rings. The highest BCUT2D eigenvalue weighted by Crippen LogP contribution is 2.33. The molecule has 5 nitrogen and oxygen atoms in total. The second-order valence-electron chi connectivity index (χ2n) is 6.74. The summed E-state index contributed by atoms with van der Waals surface area (Å²) in [5, 5.41) is 0. The average Bonchev–Trinajstić information content (AvgIpc) is 2.80. The maximum absolute atomic E-state index is 12.8. The van der Waals surface area contributed by atoms with E-state index >= 15 is 0 Å². The quantitative estimate of drug-likeness (QED) is 0.841. The fourth-order valence-corrected chi connectivity index (χ4v) is 5.70. The second kappa shape index (κ2) is 5.91. The van der Waals surface area contributed by atoms with E-state index in [1.165, 1.54) is 0 Å². The molecule has 0 spiro atoms. The number of nitrogens with zero attached hydrogens (tertiary/aromatic N) is 2. The number of carbonyl (C=O) groups is 1. The van der Waals surface area contributed by atoms with Crippen molar-refractivity contribution in [2.45, 2.75) is 45.3 Å². The molecule has 3 atom stereocenters. The summed E-state index contributed by atoms with van der Waals surface area (Å²) in [5.41, 5.74) is 1.88. The zero-order valence-corrected chi connectivity index (χ0v) is 14.7. The first-order chi connectivity index (χ1) is 10.8. The molecule has 1 aromatic carbocycles. The van der Waals surface area contributed by atoms with Crippen LogP contribution in [0.1, 0.15) is 25.8 Å². The average molecular weight is 336 g/mol. The molecule has 6 heteroatoms. The number of benzene rings is 1. The van der Waals surface area contributed by atoms with Crippen molar-refractivity contribution < 1.29 is 13.2 Å². The normalized spacial score (nSPS) is 28.7. The van der Waals surface area contributed by atoms with Crippen LogP contribution < -0.4 is 4.90 Å². The monoisotopic (exact) mass is 336 g/mol. The van der Waals surface area contributed by atoms with Gasteiger partial charge in [-0.05, 0) is 38.0 Å². The summed E-state index contributed by atoms with van der Waals surface area (Å²) in [5.74, 6) is 0.205. The lowest BCUT2D eigenvalue weighted by atomic mass is 10.00. The number of fused-ring (bicyclic) bond motifs is 1. The van der Waals surface area contributed by atoms with E-state index in [1.54, 1.807) is 4.90 Å². The fraction of sp³-hybridized carbons (Fsp3) is 0.588. The summed E-state index contributed by atoms with van der Waals surface area (Å²) in [7, 11) is -3.11. The Bertz CT molecular complexity index is 716. The Balaban J connectivity index is 2.01. The van der Waals surface area contributed by atoms with Crippen LogP contribution in [0.2, 0.25) is 0 Å². The smallest absolute Gasteiger partial charge is 0.241 e. The van der Waals surface area contributed by atoms with Crippen molar-refractivity contribution in [1.82, 2.24) is 4.90 Å². The molecule has 0 aromatic heterocycles. The van der Waals surface area contributed by atoms with Gasteiger partial charge < -0.3 is 4.90 Å². The standard InChI is InChI=1S/C17H24N2O3S/c1-4-13(3)18-9-17(20)19(14-7-5-6-12(2)8-14)16-11-23(21,22)10-15(16)18/h5-8,13,15-16H,4,9-11H2,1-3H3. The molecule has 2 aliphatic heterocycles. The van der Waals surface area contributed by atoms with Gasteiger partial charge in [0, 0.05) is 17.8 Å². The SMILES string of the molecule is CCC(C)N1CC(=O)N(c2cccc(C)c2)C2CS(=O)(=O)CC21. The lowest BCUT2D eigenvalue weighted by molar-refractivity contribution is -0.124. The van der Waals surface area contributed by atoms with Gasteiger partial charge >= 0.3 is 0 Å². The molecule has 0 aliphatic carbocycles. The van der Waals surface area contributed by atoms with Gasteiger partial charge in [0.1, 0.15) is 0 Å². The third kappa shape index (κ3) is 3.02. The predicted molar refractivity (Wildman–Crippen MR) is 91.4 cm³/mol. The summed E-state index contributed by atoms with van der Waals surface area (Å²) in [6, 6.07) is 7.57. The lowest BCUT2D eigenvalue weighted by Crippen LogP contribution is -2.63. The van der Waals surface area contributed by atoms with E-state index in [0.29, 0.717) is 6.54 Å². The van der Waals surface area contributed by atoms with Crippen LogP contribution in [-0.4, -0.2) is 55.4 Å². The number of carbonyl (C=O) groups excluding carboxylic acids is 1. The minimum Gasteiger partial charge on any atom is -0.306 e. The van der Waals surface area contributed by atoms with Crippen molar-refractivity contribution >= 4 is 21.4 Å². The van der Waals surface area contributed by atoms with E-state index in [9.17, 15) is 13.2 Å². The van der Waals surface area contributed by atoms with Crippen LogP contribution in [0.15, 0.2) is 24.3 Å². The number of piperazine rings is 1. The second-order valence-corrected chi connectivity index (χ2v) is 8.90. The molecule has 0 saturated carbocycles. The number of rotatable bonds is 3. The van der Waals surface area contributed by atoms with E-state index in [4.69, 9.17) is 0 Å². The van der Waals surface area contributed by atoms with Crippen molar-refractivity contribution in [2.24, 2.45) is 0 Å². The molecule has 0 bridgehead atoms. The summed E-state index contributed by atoms with van der Waals surface area (Å²) in [4.78, 5) is 16.6. The molecule has 2 saturated heterocycles. The largest absolute Gasteiger partial charge is 0.306 e. The Morgan fingerprint density at radius 2 is 1.96 bits per heavy atom. The first-order valence-corrected chi connectivity index (χ1v) is 9.99. The summed E-state index contributed by atoms with van der Waals surface area (Å²) in [6.45, 7) is 6.41. The highest BCUT2D eigenvalue weighted by Gasteiger charge is 2.50. The Hall–Kier alpha value is -1.40. The zero-order chi connectivity index (χ0) is 16.8. The number of hydrogen-bond acceptors (Lipinski definition) is 4. The van der Waals surface area contributed by atoms with E-state index < -0.39 is 9.84 Å². The van der Waals surface area contributed by atoms with Gasteiger partial charge in [0.15, 0.2) is 9.84 Å². The Morgan fingerprint density at radius 3 is 2.61 bits per heavy atom. The molecule has 0 radical (unpaired) electrons. The van der Waals surface area contributed by atoms with Crippen molar-refractivity contribution in [2.75, 3.05) is 23.0 Å². The highest BCUT2D eigenvalue weighted by atomic mass is 32.2.